The second-order valence-corrected chi connectivity index (χ2v) is 7.14. The molecule has 0 radical (unpaired) electrons. The number of benzene rings is 2. The minimum absolute atomic E-state index is 0.0723. The molecule has 1 saturated heterocycles. The number of fused-ring (bicyclic) bond motifs is 1. The number of hydrogen-bond acceptors (Lipinski definition) is 4. The molecule has 0 unspecified atom stereocenters. The summed E-state index contributed by atoms with van der Waals surface area (Å²) in [7, 11) is 0. The first-order valence-corrected chi connectivity index (χ1v) is 9.13. The molecule has 138 valence electrons. The van der Waals surface area contributed by atoms with Crippen molar-refractivity contribution < 1.29 is 19.4 Å². The predicted octanol–water partition coefficient (Wildman–Crippen LogP) is 3.88. The van der Waals surface area contributed by atoms with Gasteiger partial charge < -0.3 is 14.7 Å². The highest BCUT2D eigenvalue weighted by Gasteiger charge is 2.33. The van der Waals surface area contributed by atoms with Crippen LogP contribution in [0.5, 0.6) is 5.75 Å². The molecular formula is C21H25NO4. The molecule has 1 heterocycles. The Bertz CT molecular complexity index is 822. The van der Waals surface area contributed by atoms with Crippen LogP contribution in [-0.4, -0.2) is 40.1 Å². The van der Waals surface area contributed by atoms with E-state index >= 15 is 0 Å². The van der Waals surface area contributed by atoms with Crippen LogP contribution in [0.25, 0.3) is 10.8 Å². The van der Waals surface area contributed by atoms with E-state index in [2.05, 4.69) is 0 Å². The largest absolute Gasteiger partial charge is 0.507 e. The summed E-state index contributed by atoms with van der Waals surface area (Å²) >= 11 is 0. The SMILES string of the molecule is C[C@@H]1CCC[C@@H](C)N1C(=O)[C@@H](C)OC(=O)c1cc2ccccc2cc1O. The lowest BCUT2D eigenvalue weighted by Gasteiger charge is -2.40. The van der Waals surface area contributed by atoms with Gasteiger partial charge in [0.05, 0.1) is 0 Å². The number of carbonyl (C=O) groups is 2. The molecule has 0 saturated carbocycles. The molecule has 0 spiro atoms. The molecule has 1 aliphatic heterocycles. The third-order valence-electron chi connectivity index (χ3n) is 5.16. The second kappa shape index (κ2) is 7.36. The monoisotopic (exact) mass is 355 g/mol. The Balaban J connectivity index is 1.77. The summed E-state index contributed by atoms with van der Waals surface area (Å²) in [6.07, 6.45) is 2.13. The molecule has 26 heavy (non-hydrogen) atoms. The minimum atomic E-state index is -0.892. The normalized spacial score (nSPS) is 21.4. The van der Waals surface area contributed by atoms with E-state index in [0.717, 1.165) is 30.0 Å². The third kappa shape index (κ3) is 3.52. The first-order chi connectivity index (χ1) is 12.4. The van der Waals surface area contributed by atoms with Gasteiger partial charge >= 0.3 is 5.97 Å². The number of aromatic hydroxyl groups is 1. The lowest BCUT2D eigenvalue weighted by Crippen LogP contribution is -2.51. The van der Waals surface area contributed by atoms with E-state index in [9.17, 15) is 14.7 Å². The summed E-state index contributed by atoms with van der Waals surface area (Å²) in [5, 5.41) is 11.8. The number of ether oxygens (including phenoxy) is 1. The van der Waals surface area contributed by atoms with Crippen molar-refractivity contribution in [3.8, 4) is 5.75 Å². The van der Waals surface area contributed by atoms with Crippen molar-refractivity contribution in [3.05, 3.63) is 42.0 Å². The van der Waals surface area contributed by atoms with Gasteiger partial charge in [0, 0.05) is 12.1 Å². The van der Waals surface area contributed by atoms with E-state index in [0.29, 0.717) is 0 Å². The van der Waals surface area contributed by atoms with Gasteiger partial charge in [0.1, 0.15) is 11.3 Å². The highest BCUT2D eigenvalue weighted by Crippen LogP contribution is 2.27. The van der Waals surface area contributed by atoms with Crippen LogP contribution in [0.3, 0.4) is 0 Å². The average molecular weight is 355 g/mol. The number of nitrogens with zero attached hydrogens (tertiary/aromatic N) is 1. The number of rotatable bonds is 3. The van der Waals surface area contributed by atoms with Crippen LogP contribution in [0.15, 0.2) is 36.4 Å². The molecule has 2 aromatic rings. The van der Waals surface area contributed by atoms with Crippen molar-refractivity contribution in [3.63, 3.8) is 0 Å². The molecule has 1 N–H and O–H groups in total. The molecule has 5 heteroatoms. The topological polar surface area (TPSA) is 66.8 Å². The van der Waals surface area contributed by atoms with Crippen LogP contribution in [-0.2, 0) is 9.53 Å². The summed E-state index contributed by atoms with van der Waals surface area (Å²) < 4.78 is 5.39. The van der Waals surface area contributed by atoms with Crippen molar-refractivity contribution >= 4 is 22.6 Å². The van der Waals surface area contributed by atoms with Gasteiger partial charge in [-0.25, -0.2) is 4.79 Å². The molecule has 5 nitrogen and oxygen atoms in total. The molecule has 1 amide bonds. The van der Waals surface area contributed by atoms with Crippen LogP contribution in [0.2, 0.25) is 0 Å². The lowest BCUT2D eigenvalue weighted by molar-refractivity contribution is -0.146. The molecule has 1 fully saturated rings. The molecular weight excluding hydrogens is 330 g/mol. The lowest BCUT2D eigenvalue weighted by atomic mass is 9.97. The van der Waals surface area contributed by atoms with Gasteiger partial charge in [-0.15, -0.1) is 0 Å². The standard InChI is InChI=1S/C21H25NO4/c1-13-7-6-8-14(2)22(13)20(24)15(3)26-21(25)18-11-16-9-4-5-10-17(16)12-19(18)23/h4-5,9-15,23H,6-8H2,1-3H3/t13-,14-,15-/m1/s1. The van der Waals surface area contributed by atoms with Crippen LogP contribution in [0, 0.1) is 0 Å². The molecule has 2 aromatic carbocycles. The summed E-state index contributed by atoms with van der Waals surface area (Å²) in [5.41, 5.74) is 0.0723. The van der Waals surface area contributed by atoms with Crippen molar-refractivity contribution in [2.75, 3.05) is 0 Å². The first kappa shape index (κ1) is 18.2. The number of phenolic OH excluding ortho intramolecular Hbond substituents is 1. The Hall–Kier alpha value is -2.56. The molecule has 3 atom stereocenters. The van der Waals surface area contributed by atoms with Crippen LogP contribution in [0.1, 0.15) is 50.4 Å². The van der Waals surface area contributed by atoms with Crippen LogP contribution >= 0.6 is 0 Å². The fraction of sp³-hybridized carbons (Fsp3) is 0.429. The van der Waals surface area contributed by atoms with Crippen molar-refractivity contribution in [2.45, 2.75) is 58.2 Å². The van der Waals surface area contributed by atoms with E-state index < -0.39 is 12.1 Å². The van der Waals surface area contributed by atoms with E-state index in [1.807, 2.05) is 43.0 Å². The van der Waals surface area contributed by atoms with Crippen LogP contribution < -0.4 is 0 Å². The molecule has 3 rings (SSSR count). The van der Waals surface area contributed by atoms with Crippen molar-refractivity contribution in [1.29, 1.82) is 0 Å². The Kier molecular flexibility index (Phi) is 5.16. The maximum Gasteiger partial charge on any atom is 0.342 e. The first-order valence-electron chi connectivity index (χ1n) is 9.13. The Labute approximate surface area is 153 Å². The molecule has 0 aliphatic carbocycles. The fourth-order valence-corrected chi connectivity index (χ4v) is 3.73. The zero-order valence-electron chi connectivity index (χ0n) is 15.4. The third-order valence-corrected chi connectivity index (χ3v) is 5.16. The molecule has 0 aromatic heterocycles. The maximum absolute atomic E-state index is 12.8. The van der Waals surface area contributed by atoms with Crippen molar-refractivity contribution in [1.82, 2.24) is 4.90 Å². The van der Waals surface area contributed by atoms with Gasteiger partial charge in [-0.1, -0.05) is 24.3 Å². The summed E-state index contributed by atoms with van der Waals surface area (Å²) in [5.74, 6) is -1.02. The number of amides is 1. The van der Waals surface area contributed by atoms with Gasteiger partial charge in [-0.3, -0.25) is 4.79 Å². The van der Waals surface area contributed by atoms with Gasteiger partial charge in [0.15, 0.2) is 6.10 Å². The Morgan fingerprint density at radius 1 is 1.12 bits per heavy atom. The molecule has 1 aliphatic rings. The van der Waals surface area contributed by atoms with Gasteiger partial charge in [-0.05, 0) is 62.9 Å². The van der Waals surface area contributed by atoms with Crippen molar-refractivity contribution in [2.24, 2.45) is 0 Å². The van der Waals surface area contributed by atoms with E-state index in [-0.39, 0.29) is 29.3 Å². The summed E-state index contributed by atoms with van der Waals surface area (Å²) in [6, 6.07) is 10.8. The quantitative estimate of drug-likeness (QED) is 0.849. The maximum atomic E-state index is 12.8. The highest BCUT2D eigenvalue weighted by atomic mass is 16.5. The number of piperidine rings is 1. The fourth-order valence-electron chi connectivity index (χ4n) is 3.73. The van der Waals surface area contributed by atoms with Gasteiger partial charge in [0.25, 0.3) is 5.91 Å². The highest BCUT2D eigenvalue weighted by molar-refractivity contribution is 5.99. The minimum Gasteiger partial charge on any atom is -0.507 e. The van der Waals surface area contributed by atoms with Gasteiger partial charge in [-0.2, -0.15) is 0 Å². The Morgan fingerprint density at radius 3 is 2.31 bits per heavy atom. The summed E-state index contributed by atoms with van der Waals surface area (Å²) in [6.45, 7) is 5.64. The number of phenols is 1. The summed E-state index contributed by atoms with van der Waals surface area (Å²) in [4.78, 5) is 27.1. The number of likely N-dealkylation sites (tertiary alicyclic amines) is 1. The number of hydrogen-bond donors (Lipinski definition) is 1. The Morgan fingerprint density at radius 2 is 1.69 bits per heavy atom. The average Bonchev–Trinajstić information content (AvgIpc) is 2.60. The van der Waals surface area contributed by atoms with E-state index in [1.165, 1.54) is 6.07 Å². The zero-order valence-corrected chi connectivity index (χ0v) is 15.4. The van der Waals surface area contributed by atoms with Gasteiger partial charge in [0.2, 0.25) is 0 Å². The zero-order chi connectivity index (χ0) is 18.8. The number of carbonyl (C=O) groups excluding carboxylic acids is 2. The molecule has 0 bridgehead atoms. The van der Waals surface area contributed by atoms with E-state index in [4.69, 9.17) is 4.74 Å². The van der Waals surface area contributed by atoms with E-state index in [1.54, 1.807) is 13.0 Å². The number of esters is 1. The second-order valence-electron chi connectivity index (χ2n) is 7.14. The smallest absolute Gasteiger partial charge is 0.342 e. The van der Waals surface area contributed by atoms with Crippen LogP contribution in [0.4, 0.5) is 0 Å². The predicted molar refractivity (Wildman–Crippen MR) is 100 cm³/mol.